The molecule has 2 heterocycles. The lowest BCUT2D eigenvalue weighted by atomic mass is 9.52. The minimum Gasteiger partial charge on any atom is -0.507 e. The Kier molecular flexibility index (Phi) is 6.74. The average Bonchev–Trinajstić information content (AvgIpc) is 3.27. The predicted octanol–water partition coefficient (Wildman–Crippen LogP) is 8.39. The average molecular weight is 603 g/mol. The van der Waals surface area contributed by atoms with Crippen LogP contribution in [0.15, 0.2) is 66.7 Å². The molecule has 2 aliphatic carbocycles. The van der Waals surface area contributed by atoms with Gasteiger partial charge in [-0.05, 0) is 93.6 Å². The van der Waals surface area contributed by atoms with Crippen LogP contribution in [-0.4, -0.2) is 57.7 Å². The second kappa shape index (κ2) is 10.5. The van der Waals surface area contributed by atoms with Crippen molar-refractivity contribution < 1.29 is 14.6 Å². The van der Waals surface area contributed by atoms with Crippen LogP contribution in [0.4, 0.5) is 11.4 Å². The number of morpholine rings is 2. The number of phenolic OH excluding ortho intramolecular Hbond substituents is 1. The van der Waals surface area contributed by atoms with Crippen molar-refractivity contribution in [1.29, 1.82) is 0 Å². The lowest BCUT2D eigenvalue weighted by Gasteiger charge is -2.51. The first-order valence-electron chi connectivity index (χ1n) is 16.8. The third-order valence-electron chi connectivity index (χ3n) is 10.9. The molecule has 0 radical (unpaired) electrons. The fraction of sp³-hybridized carbons (Fsp3) is 0.450. The quantitative estimate of drug-likeness (QED) is 0.255. The molecule has 0 unspecified atom stereocenters. The summed E-state index contributed by atoms with van der Waals surface area (Å²) < 4.78 is 11.4. The van der Waals surface area contributed by atoms with Crippen LogP contribution >= 0.6 is 0 Å². The monoisotopic (exact) mass is 602 g/mol. The second-order valence-corrected chi connectivity index (χ2v) is 15.5. The molecule has 1 N–H and O–H groups in total. The van der Waals surface area contributed by atoms with Crippen molar-refractivity contribution in [2.75, 3.05) is 62.4 Å². The zero-order chi connectivity index (χ0) is 31.0. The summed E-state index contributed by atoms with van der Waals surface area (Å²) in [6, 6.07) is 24.8. The summed E-state index contributed by atoms with van der Waals surface area (Å²) in [5, 5.41) is 14.0. The highest BCUT2D eigenvalue weighted by Gasteiger charge is 2.53. The molecule has 4 aromatic rings. The van der Waals surface area contributed by atoms with E-state index >= 15 is 0 Å². The van der Waals surface area contributed by atoms with Gasteiger partial charge >= 0.3 is 0 Å². The first kappa shape index (κ1) is 28.9. The molecule has 1 saturated carbocycles. The molecule has 45 heavy (non-hydrogen) atoms. The summed E-state index contributed by atoms with van der Waals surface area (Å²) in [4.78, 5) is 4.88. The highest BCUT2D eigenvalue weighted by atomic mass is 16.5. The van der Waals surface area contributed by atoms with Crippen molar-refractivity contribution in [2.45, 2.75) is 52.4 Å². The number of aromatic hydroxyl groups is 1. The van der Waals surface area contributed by atoms with Crippen LogP contribution in [0.2, 0.25) is 0 Å². The summed E-state index contributed by atoms with van der Waals surface area (Å²) in [5.74, 6) is 0.386. The maximum atomic E-state index is 11.9. The van der Waals surface area contributed by atoms with Crippen LogP contribution in [0.1, 0.15) is 58.1 Å². The molecule has 1 spiro atoms. The van der Waals surface area contributed by atoms with Crippen molar-refractivity contribution in [2.24, 2.45) is 10.8 Å². The van der Waals surface area contributed by atoms with Gasteiger partial charge in [0.2, 0.25) is 0 Å². The van der Waals surface area contributed by atoms with Gasteiger partial charge in [0, 0.05) is 53.9 Å². The molecule has 4 aromatic carbocycles. The van der Waals surface area contributed by atoms with E-state index in [1.54, 1.807) is 0 Å². The summed E-state index contributed by atoms with van der Waals surface area (Å²) in [5.41, 5.74) is 10.4. The number of rotatable bonds is 3. The molecule has 8 rings (SSSR count). The van der Waals surface area contributed by atoms with Gasteiger partial charge in [0.15, 0.2) is 0 Å². The van der Waals surface area contributed by atoms with Crippen LogP contribution in [0.5, 0.6) is 5.75 Å². The summed E-state index contributed by atoms with van der Waals surface area (Å²) in [6.07, 6.45) is 3.37. The summed E-state index contributed by atoms with van der Waals surface area (Å²) >= 11 is 0. The molecule has 0 aromatic heterocycles. The van der Waals surface area contributed by atoms with Crippen LogP contribution in [0.25, 0.3) is 33.0 Å². The van der Waals surface area contributed by atoms with Gasteiger partial charge in [-0.3, -0.25) is 0 Å². The van der Waals surface area contributed by atoms with Crippen molar-refractivity contribution in [3.8, 4) is 28.0 Å². The van der Waals surface area contributed by atoms with Gasteiger partial charge < -0.3 is 24.4 Å². The lowest BCUT2D eigenvalue weighted by molar-refractivity contribution is 0.0645. The van der Waals surface area contributed by atoms with Crippen molar-refractivity contribution in [1.82, 2.24) is 0 Å². The molecule has 5 heteroatoms. The number of ether oxygens (including phenoxy) is 2. The van der Waals surface area contributed by atoms with Crippen molar-refractivity contribution in [3.63, 3.8) is 0 Å². The number of hydrogen-bond donors (Lipinski definition) is 1. The van der Waals surface area contributed by atoms with Crippen LogP contribution < -0.4 is 9.80 Å². The van der Waals surface area contributed by atoms with E-state index in [0.29, 0.717) is 5.75 Å². The maximum Gasteiger partial charge on any atom is 0.123 e. The smallest absolute Gasteiger partial charge is 0.123 e. The molecular formula is C40H46N2O3. The third-order valence-corrected chi connectivity index (χ3v) is 10.9. The van der Waals surface area contributed by atoms with E-state index in [1.807, 2.05) is 0 Å². The van der Waals surface area contributed by atoms with Gasteiger partial charge in [0.05, 0.1) is 26.4 Å². The van der Waals surface area contributed by atoms with E-state index in [2.05, 4.69) is 104 Å². The Bertz CT molecular complexity index is 1750. The Morgan fingerprint density at radius 1 is 0.622 bits per heavy atom. The lowest BCUT2D eigenvalue weighted by Crippen LogP contribution is -2.43. The van der Waals surface area contributed by atoms with Gasteiger partial charge in [-0.15, -0.1) is 0 Å². The molecular weight excluding hydrogens is 556 g/mol. The van der Waals surface area contributed by atoms with Gasteiger partial charge in [0.25, 0.3) is 0 Å². The van der Waals surface area contributed by atoms with Gasteiger partial charge in [-0.1, -0.05) is 64.1 Å². The molecule has 4 aliphatic rings. The molecule has 0 amide bonds. The van der Waals surface area contributed by atoms with E-state index in [9.17, 15) is 5.11 Å². The molecule has 3 fully saturated rings. The number of anilines is 2. The van der Waals surface area contributed by atoms with E-state index in [-0.39, 0.29) is 16.2 Å². The highest BCUT2D eigenvalue weighted by molar-refractivity contribution is 6.09. The van der Waals surface area contributed by atoms with Gasteiger partial charge in [-0.25, -0.2) is 0 Å². The highest BCUT2D eigenvalue weighted by Crippen LogP contribution is 2.65. The molecule has 0 atom stereocenters. The van der Waals surface area contributed by atoms with Crippen LogP contribution in [0, 0.1) is 10.8 Å². The van der Waals surface area contributed by atoms with E-state index < -0.39 is 0 Å². The third kappa shape index (κ3) is 4.82. The SMILES string of the molecule is CC1(C)CC(C)(C)CC2(C1)c1ccccc1-c1c2cc(O)c2cc(-c3ccc(N4CCOCC4)cc3)c(N3CCOCC3)cc12. The molecule has 0 bridgehead atoms. The van der Waals surface area contributed by atoms with Crippen LogP contribution in [0.3, 0.4) is 0 Å². The minimum atomic E-state index is -0.115. The van der Waals surface area contributed by atoms with Gasteiger partial charge in [-0.2, -0.15) is 0 Å². The first-order chi connectivity index (χ1) is 21.6. The Hall–Kier alpha value is -3.54. The van der Waals surface area contributed by atoms with E-state index in [1.165, 1.54) is 45.6 Å². The molecule has 5 nitrogen and oxygen atoms in total. The Labute approximate surface area is 267 Å². The van der Waals surface area contributed by atoms with Crippen molar-refractivity contribution in [3.05, 3.63) is 77.9 Å². The largest absolute Gasteiger partial charge is 0.507 e. The Morgan fingerprint density at radius 2 is 1.24 bits per heavy atom. The Morgan fingerprint density at radius 3 is 1.91 bits per heavy atom. The fourth-order valence-electron chi connectivity index (χ4n) is 9.84. The van der Waals surface area contributed by atoms with Crippen LogP contribution in [-0.2, 0) is 14.9 Å². The zero-order valence-electron chi connectivity index (χ0n) is 27.3. The number of hydrogen-bond acceptors (Lipinski definition) is 5. The van der Waals surface area contributed by atoms with Crippen molar-refractivity contribution >= 4 is 22.1 Å². The van der Waals surface area contributed by atoms with E-state index in [0.717, 1.165) is 81.8 Å². The standard InChI is InChI=1S/C40H46N2O3/c1-38(2)24-39(3,4)26-40(25-38)33-8-6-5-7-29(33)37-32-22-35(42-15-19-45-20-16-42)30(21-31(32)36(43)23-34(37)40)27-9-11-28(12-10-27)41-13-17-44-18-14-41/h5-12,21-23,43H,13-20,24-26H2,1-4H3. The molecule has 234 valence electrons. The number of nitrogens with zero attached hydrogens (tertiary/aromatic N) is 2. The summed E-state index contributed by atoms with van der Waals surface area (Å²) in [6.45, 7) is 16.3. The first-order valence-corrected chi connectivity index (χ1v) is 16.8. The number of phenols is 1. The molecule has 2 saturated heterocycles. The number of benzene rings is 4. The molecule has 2 aliphatic heterocycles. The second-order valence-electron chi connectivity index (χ2n) is 15.5. The zero-order valence-corrected chi connectivity index (χ0v) is 27.3. The maximum absolute atomic E-state index is 11.9. The fourth-order valence-corrected chi connectivity index (χ4v) is 9.84. The normalized spacial score (nSPS) is 21.6. The minimum absolute atomic E-state index is 0.115. The topological polar surface area (TPSA) is 45.2 Å². The number of fused-ring (bicyclic) bond motifs is 7. The Balaban J connectivity index is 1.34. The van der Waals surface area contributed by atoms with Gasteiger partial charge in [0.1, 0.15) is 5.75 Å². The van der Waals surface area contributed by atoms with E-state index in [4.69, 9.17) is 9.47 Å². The predicted molar refractivity (Wildman–Crippen MR) is 185 cm³/mol. The summed E-state index contributed by atoms with van der Waals surface area (Å²) in [7, 11) is 0.